The molecule has 0 N–H and O–H groups in total. The second-order valence-corrected chi connectivity index (χ2v) is 7.50. The zero-order valence-corrected chi connectivity index (χ0v) is 16.4. The summed E-state index contributed by atoms with van der Waals surface area (Å²) in [5, 5.41) is 0. The van der Waals surface area contributed by atoms with Gasteiger partial charge in [0.2, 0.25) is 5.91 Å². The van der Waals surface area contributed by atoms with Crippen LogP contribution in [0.25, 0.3) is 0 Å². The molecule has 150 valence electrons. The number of hydrogen-bond acceptors (Lipinski definition) is 4. The minimum Gasteiger partial charge on any atom is -0.427 e. The van der Waals surface area contributed by atoms with Crippen molar-refractivity contribution in [1.29, 1.82) is 0 Å². The van der Waals surface area contributed by atoms with Crippen molar-refractivity contribution < 1.29 is 19.1 Å². The Balaban J connectivity index is 1.51. The van der Waals surface area contributed by atoms with Gasteiger partial charge in [0.1, 0.15) is 5.75 Å². The predicted molar refractivity (Wildman–Crippen MR) is 106 cm³/mol. The van der Waals surface area contributed by atoms with Crippen LogP contribution in [0.15, 0.2) is 36.4 Å². The van der Waals surface area contributed by atoms with E-state index in [0.29, 0.717) is 43.4 Å². The van der Waals surface area contributed by atoms with Crippen molar-refractivity contribution in [2.75, 3.05) is 26.2 Å². The molecule has 2 fully saturated rings. The number of allylic oxidation sites excluding steroid dienone is 1. The lowest BCUT2D eigenvalue weighted by Crippen LogP contribution is -2.50. The van der Waals surface area contributed by atoms with Crippen molar-refractivity contribution in [3.8, 4) is 5.75 Å². The molecule has 0 radical (unpaired) electrons. The van der Waals surface area contributed by atoms with Gasteiger partial charge in [0.05, 0.1) is 0 Å². The molecule has 6 heteroatoms. The molecule has 6 nitrogen and oxygen atoms in total. The molecule has 1 saturated heterocycles. The average Bonchev–Trinajstić information content (AvgIpc) is 2.72. The van der Waals surface area contributed by atoms with Gasteiger partial charge in [0.15, 0.2) is 0 Å². The van der Waals surface area contributed by atoms with E-state index < -0.39 is 5.97 Å². The summed E-state index contributed by atoms with van der Waals surface area (Å²) < 4.78 is 5.05. The molecule has 2 amide bonds. The van der Waals surface area contributed by atoms with Crippen LogP contribution in [0.4, 0.5) is 0 Å². The lowest BCUT2D eigenvalue weighted by Gasteiger charge is -2.34. The maximum absolute atomic E-state index is 12.7. The summed E-state index contributed by atoms with van der Waals surface area (Å²) in [5.41, 5.74) is 0.482. The summed E-state index contributed by atoms with van der Waals surface area (Å²) >= 11 is 0. The molecular formula is C22H28N2O4. The van der Waals surface area contributed by atoms with E-state index in [1.54, 1.807) is 40.1 Å². The van der Waals surface area contributed by atoms with Crippen molar-refractivity contribution in [2.45, 2.75) is 39.0 Å². The van der Waals surface area contributed by atoms with Crippen LogP contribution in [0, 0.1) is 5.92 Å². The topological polar surface area (TPSA) is 66.9 Å². The Hall–Kier alpha value is -2.63. The van der Waals surface area contributed by atoms with Crippen LogP contribution in [0.2, 0.25) is 0 Å². The van der Waals surface area contributed by atoms with Crippen LogP contribution >= 0.6 is 0 Å². The van der Waals surface area contributed by atoms with E-state index in [2.05, 4.69) is 6.08 Å². The van der Waals surface area contributed by atoms with Crippen molar-refractivity contribution in [1.82, 2.24) is 9.80 Å². The van der Waals surface area contributed by atoms with E-state index in [9.17, 15) is 14.4 Å². The summed E-state index contributed by atoms with van der Waals surface area (Å²) in [5.74, 6) is 0.400. The van der Waals surface area contributed by atoms with Crippen molar-refractivity contribution in [3.05, 3.63) is 42.0 Å². The smallest absolute Gasteiger partial charge is 0.308 e. The van der Waals surface area contributed by atoms with Crippen molar-refractivity contribution >= 4 is 17.8 Å². The fourth-order valence-corrected chi connectivity index (χ4v) is 3.82. The third kappa shape index (κ3) is 5.44. The number of carbonyl (C=O) groups excluding carboxylic acids is 3. The lowest BCUT2D eigenvalue weighted by atomic mass is 9.89. The fourth-order valence-electron chi connectivity index (χ4n) is 3.82. The van der Waals surface area contributed by atoms with Gasteiger partial charge in [-0.25, -0.2) is 0 Å². The van der Waals surface area contributed by atoms with E-state index >= 15 is 0 Å². The van der Waals surface area contributed by atoms with Crippen LogP contribution < -0.4 is 4.74 Å². The maximum Gasteiger partial charge on any atom is 0.308 e. The van der Waals surface area contributed by atoms with E-state index in [4.69, 9.17) is 4.74 Å². The molecule has 0 spiro atoms. The molecule has 1 aromatic carbocycles. The highest BCUT2D eigenvalue weighted by molar-refractivity contribution is 5.95. The number of nitrogens with zero attached hydrogens (tertiary/aromatic N) is 2. The van der Waals surface area contributed by atoms with Crippen LogP contribution in [-0.2, 0) is 9.59 Å². The molecule has 0 bridgehead atoms. The van der Waals surface area contributed by atoms with Crippen LogP contribution in [0.1, 0.15) is 49.4 Å². The van der Waals surface area contributed by atoms with Gasteiger partial charge in [-0.2, -0.15) is 0 Å². The molecule has 3 rings (SSSR count). The number of hydrogen-bond donors (Lipinski definition) is 0. The normalized spacial score (nSPS) is 18.3. The summed E-state index contributed by atoms with van der Waals surface area (Å²) in [6.45, 7) is 3.39. The van der Waals surface area contributed by atoms with Gasteiger partial charge in [-0.1, -0.05) is 31.4 Å². The van der Waals surface area contributed by atoms with Gasteiger partial charge in [-0.15, -0.1) is 0 Å². The Morgan fingerprint density at radius 2 is 1.68 bits per heavy atom. The largest absolute Gasteiger partial charge is 0.427 e. The number of esters is 1. The van der Waals surface area contributed by atoms with Gasteiger partial charge < -0.3 is 14.5 Å². The zero-order chi connectivity index (χ0) is 19.9. The summed E-state index contributed by atoms with van der Waals surface area (Å²) in [6, 6.07) is 6.63. The Kier molecular flexibility index (Phi) is 6.85. The van der Waals surface area contributed by atoms with E-state index in [0.717, 1.165) is 0 Å². The first-order chi connectivity index (χ1) is 13.5. The molecular weight excluding hydrogens is 356 g/mol. The van der Waals surface area contributed by atoms with Crippen LogP contribution in [-0.4, -0.2) is 53.8 Å². The minimum absolute atomic E-state index is 0.0366. The van der Waals surface area contributed by atoms with Crippen molar-refractivity contribution in [3.63, 3.8) is 0 Å². The number of piperazine rings is 1. The highest BCUT2D eigenvalue weighted by Crippen LogP contribution is 2.24. The lowest BCUT2D eigenvalue weighted by molar-refractivity contribution is -0.132. The maximum atomic E-state index is 12.7. The molecule has 2 aliphatic rings. The average molecular weight is 384 g/mol. The molecule has 1 heterocycles. The molecule has 1 aliphatic heterocycles. The van der Waals surface area contributed by atoms with Gasteiger partial charge in [-0.3, -0.25) is 14.4 Å². The summed E-state index contributed by atoms with van der Waals surface area (Å²) in [4.78, 5) is 39.8. The number of amides is 2. The van der Waals surface area contributed by atoms with Gasteiger partial charge in [0, 0.05) is 38.7 Å². The number of ether oxygens (including phenoxy) is 1. The first kappa shape index (κ1) is 20.1. The van der Waals surface area contributed by atoms with Gasteiger partial charge in [0.25, 0.3) is 5.91 Å². The van der Waals surface area contributed by atoms with Gasteiger partial charge >= 0.3 is 5.97 Å². The first-order valence-corrected chi connectivity index (χ1v) is 10.1. The molecule has 1 aromatic rings. The van der Waals surface area contributed by atoms with Crippen molar-refractivity contribution in [2.24, 2.45) is 5.92 Å². The summed E-state index contributed by atoms with van der Waals surface area (Å²) in [7, 11) is 0. The van der Waals surface area contributed by atoms with E-state index in [1.165, 1.54) is 39.0 Å². The molecule has 0 unspecified atom stereocenters. The highest BCUT2D eigenvalue weighted by atomic mass is 16.5. The Labute approximate surface area is 166 Å². The SMILES string of the molecule is CC(=O)Oc1cccc(C(=O)N2CCN(C(=O)/C=C/C3CCCCC3)CC2)c1. The van der Waals surface area contributed by atoms with Gasteiger partial charge in [-0.05, 0) is 43.0 Å². The minimum atomic E-state index is -0.419. The number of carbonyl (C=O) groups is 3. The summed E-state index contributed by atoms with van der Waals surface area (Å²) in [6.07, 6.45) is 9.95. The van der Waals surface area contributed by atoms with E-state index in [-0.39, 0.29) is 11.8 Å². The molecule has 1 saturated carbocycles. The molecule has 1 aliphatic carbocycles. The highest BCUT2D eigenvalue weighted by Gasteiger charge is 2.24. The molecule has 0 aromatic heterocycles. The Morgan fingerprint density at radius 1 is 1.00 bits per heavy atom. The standard InChI is InChI=1S/C22H28N2O4/c1-17(25)28-20-9-5-8-19(16-20)22(27)24-14-12-23(13-15-24)21(26)11-10-18-6-3-2-4-7-18/h5,8-11,16,18H,2-4,6-7,12-15H2,1H3/b11-10+. The van der Waals surface area contributed by atoms with Crippen LogP contribution in [0.5, 0.6) is 5.75 Å². The van der Waals surface area contributed by atoms with E-state index in [1.807, 2.05) is 0 Å². The number of benzene rings is 1. The molecule has 28 heavy (non-hydrogen) atoms. The third-order valence-corrected chi connectivity index (χ3v) is 5.38. The second kappa shape index (κ2) is 9.53. The first-order valence-electron chi connectivity index (χ1n) is 10.1. The monoisotopic (exact) mass is 384 g/mol. The fraction of sp³-hybridized carbons (Fsp3) is 0.500. The third-order valence-electron chi connectivity index (χ3n) is 5.38. The Morgan fingerprint density at radius 3 is 2.36 bits per heavy atom. The number of rotatable bonds is 4. The second-order valence-electron chi connectivity index (χ2n) is 7.50. The van der Waals surface area contributed by atoms with Crippen LogP contribution in [0.3, 0.4) is 0 Å². The zero-order valence-electron chi connectivity index (χ0n) is 16.4. The Bertz CT molecular complexity index is 745. The predicted octanol–water partition coefficient (Wildman–Crippen LogP) is 3.03. The molecule has 0 atom stereocenters. The quantitative estimate of drug-likeness (QED) is 0.455.